The molecule has 2 atom stereocenters. The van der Waals surface area contributed by atoms with Crippen LogP contribution in [0.1, 0.15) is 23.0 Å². The van der Waals surface area contributed by atoms with E-state index in [1.54, 1.807) is 24.3 Å². The minimum atomic E-state index is -1.37. The van der Waals surface area contributed by atoms with Gasteiger partial charge in [-0.2, -0.15) is 0 Å². The van der Waals surface area contributed by atoms with Crippen LogP contribution in [-0.4, -0.2) is 36.5 Å². The van der Waals surface area contributed by atoms with E-state index in [0.29, 0.717) is 54.8 Å². The van der Waals surface area contributed by atoms with Crippen molar-refractivity contribution in [1.82, 2.24) is 0 Å². The zero-order valence-electron chi connectivity index (χ0n) is 22.6. The Hall–Kier alpha value is -4.72. The molecule has 2 unspecified atom stereocenters. The van der Waals surface area contributed by atoms with Crippen LogP contribution in [0.3, 0.4) is 0 Å². The summed E-state index contributed by atoms with van der Waals surface area (Å²) in [5.41, 5.74) is 16.0. The van der Waals surface area contributed by atoms with E-state index in [4.69, 9.17) is 11.5 Å². The maximum absolute atomic E-state index is 14.4. The first-order valence-corrected chi connectivity index (χ1v) is 13.6. The number of hydrogen-bond acceptors (Lipinski definition) is 7. The number of nitrogens with two attached hydrogens (primary N) is 2. The number of nitrogen functional groups attached to an aromatic ring is 2. The van der Waals surface area contributed by atoms with Gasteiger partial charge in [-0.05, 0) is 64.1 Å². The Bertz CT molecular complexity index is 1900. The molecule has 7 nitrogen and oxygen atoms in total. The lowest BCUT2D eigenvalue weighted by molar-refractivity contribution is -0.535. The van der Waals surface area contributed by atoms with Gasteiger partial charge in [0.1, 0.15) is 11.5 Å². The molecule has 1 saturated carbocycles. The lowest BCUT2D eigenvalue weighted by Crippen LogP contribution is -2.63. The second-order valence-corrected chi connectivity index (χ2v) is 11.2. The average Bonchev–Trinajstić information content (AvgIpc) is 2.93. The molecular weight excluding hydrogens is 514 g/mol. The van der Waals surface area contributed by atoms with E-state index in [0.717, 1.165) is 16.5 Å². The van der Waals surface area contributed by atoms with E-state index >= 15 is 0 Å². The summed E-state index contributed by atoms with van der Waals surface area (Å²) >= 11 is 0. The maximum atomic E-state index is 14.4. The number of fused-ring (bicyclic) bond motifs is 4. The average molecular weight is 544 g/mol. The summed E-state index contributed by atoms with van der Waals surface area (Å²) in [7, 11) is 3.88. The summed E-state index contributed by atoms with van der Waals surface area (Å²) < 4.78 is 0. The summed E-state index contributed by atoms with van der Waals surface area (Å²) in [4.78, 5) is 1.99. The normalized spacial score (nSPS) is 20.6. The number of aromatic hydroxyl groups is 2. The van der Waals surface area contributed by atoms with Crippen molar-refractivity contribution >= 4 is 60.2 Å². The predicted octanol–water partition coefficient (Wildman–Crippen LogP) is 4.28. The molecule has 6 aromatic rings. The molecule has 0 heterocycles. The number of nitrogens with zero attached hydrogens (tertiary/aromatic N) is 1. The van der Waals surface area contributed by atoms with Gasteiger partial charge in [-0.15, -0.1) is 12.2 Å². The summed E-state index contributed by atoms with van der Waals surface area (Å²) in [6.07, 6.45) is -2.75. The van der Waals surface area contributed by atoms with Gasteiger partial charge in [-0.25, -0.2) is 0 Å². The van der Waals surface area contributed by atoms with Crippen LogP contribution in [-0.2, 0) is 0 Å². The second-order valence-electron chi connectivity index (χ2n) is 11.2. The highest BCUT2D eigenvalue weighted by atomic mass is 16.3. The summed E-state index contributed by atoms with van der Waals surface area (Å²) in [6, 6.07) is 23.2. The van der Waals surface area contributed by atoms with Gasteiger partial charge in [0.2, 0.25) is 0 Å². The van der Waals surface area contributed by atoms with Gasteiger partial charge in [0, 0.05) is 57.8 Å². The van der Waals surface area contributed by atoms with Crippen molar-refractivity contribution in [2.75, 3.05) is 30.5 Å². The Balaban J connectivity index is 1.53. The molecule has 1 aliphatic carbocycles. The van der Waals surface area contributed by atoms with Crippen LogP contribution in [0.4, 0.5) is 17.1 Å². The fraction of sp³-hybridized carbons (Fsp3) is 0.176. The van der Waals surface area contributed by atoms with Crippen molar-refractivity contribution < 1.29 is 20.4 Å². The van der Waals surface area contributed by atoms with Gasteiger partial charge in [-0.1, -0.05) is 48.5 Å². The van der Waals surface area contributed by atoms with Gasteiger partial charge in [-0.3, -0.25) is 0 Å². The topological polar surface area (TPSA) is 142 Å². The molecule has 41 heavy (non-hydrogen) atoms. The fourth-order valence-corrected chi connectivity index (χ4v) is 7.12. The number of benzene rings is 6. The monoisotopic (exact) mass is 543 g/mol. The third-order valence-corrected chi connectivity index (χ3v) is 8.77. The summed E-state index contributed by atoms with van der Waals surface area (Å²) in [5, 5.41) is 56.0. The molecule has 1 aliphatic rings. The minimum absolute atomic E-state index is 0.0368. The number of hydrogen-bond donors (Lipinski definition) is 4. The molecular formula is C34H29N3O4-2. The van der Waals surface area contributed by atoms with E-state index in [-0.39, 0.29) is 11.5 Å². The standard InChI is InChI=1S/C34H29N3O4/c1-37(2)32-18-9-5-11-20(35)26(18)29(27-19(32)10-6-12-21(27)36)31-33(40)30(34(31)41)28-24-16(7-3-13-22(24)38)15-17-8-4-14-23(39)25(17)28/h3-15,30-31,33-34,38-39H,35-36H2,1-2H3/q-2. The van der Waals surface area contributed by atoms with Crippen molar-refractivity contribution in [3.05, 3.63) is 90.0 Å². The SMILES string of the molecule is CN(C)c1c2cccc(N)c2c(C2C([O-])C(c3c4c(O)cccc4cc4cccc(O)c34)C2[O-])c2c(N)cccc12. The zero-order chi connectivity index (χ0) is 28.7. The first kappa shape index (κ1) is 25.3. The molecule has 0 spiro atoms. The molecule has 0 amide bonds. The smallest absolute Gasteiger partial charge is 0.123 e. The number of phenolic OH excluding ortho intramolecular Hbond substituents is 2. The molecule has 7 rings (SSSR count). The number of phenols is 2. The van der Waals surface area contributed by atoms with Crippen molar-refractivity contribution in [1.29, 1.82) is 0 Å². The fourth-order valence-electron chi connectivity index (χ4n) is 7.12. The van der Waals surface area contributed by atoms with Crippen LogP contribution in [0, 0.1) is 0 Å². The van der Waals surface area contributed by atoms with Gasteiger partial charge >= 0.3 is 0 Å². The second kappa shape index (κ2) is 8.89. The zero-order valence-corrected chi connectivity index (χ0v) is 22.6. The Labute approximate surface area is 236 Å². The molecule has 6 aromatic carbocycles. The van der Waals surface area contributed by atoms with Crippen LogP contribution in [0.15, 0.2) is 78.9 Å². The first-order chi connectivity index (χ1) is 19.7. The largest absolute Gasteiger partial charge is 0.851 e. The highest BCUT2D eigenvalue weighted by Crippen LogP contribution is 2.56. The Kier molecular flexibility index (Phi) is 5.48. The summed E-state index contributed by atoms with van der Waals surface area (Å²) in [5.74, 6) is -2.03. The van der Waals surface area contributed by atoms with Crippen molar-refractivity contribution in [2.45, 2.75) is 24.0 Å². The van der Waals surface area contributed by atoms with Gasteiger partial charge in [0.05, 0.1) is 5.69 Å². The third kappa shape index (κ3) is 3.40. The number of rotatable bonds is 3. The van der Waals surface area contributed by atoms with Crippen molar-refractivity contribution in [2.24, 2.45) is 0 Å². The highest BCUT2D eigenvalue weighted by Gasteiger charge is 2.42. The van der Waals surface area contributed by atoms with Crippen molar-refractivity contribution in [3.63, 3.8) is 0 Å². The summed E-state index contributed by atoms with van der Waals surface area (Å²) in [6.45, 7) is 0. The van der Waals surface area contributed by atoms with Crippen LogP contribution < -0.4 is 26.6 Å². The molecule has 0 saturated heterocycles. The molecule has 6 N–H and O–H groups in total. The Morgan fingerprint density at radius 2 is 1.02 bits per heavy atom. The van der Waals surface area contributed by atoms with E-state index in [1.807, 2.05) is 61.5 Å². The molecule has 7 heteroatoms. The van der Waals surface area contributed by atoms with Crippen LogP contribution in [0.2, 0.25) is 0 Å². The molecule has 0 aromatic heterocycles. The molecule has 0 radical (unpaired) electrons. The molecule has 206 valence electrons. The van der Waals surface area contributed by atoms with Crippen LogP contribution in [0.5, 0.6) is 11.5 Å². The highest BCUT2D eigenvalue weighted by molar-refractivity contribution is 6.20. The van der Waals surface area contributed by atoms with Gasteiger partial charge in [0.15, 0.2) is 0 Å². The van der Waals surface area contributed by atoms with E-state index in [1.165, 1.54) is 12.1 Å². The third-order valence-electron chi connectivity index (χ3n) is 8.77. The Morgan fingerprint density at radius 3 is 1.46 bits per heavy atom. The van der Waals surface area contributed by atoms with E-state index in [2.05, 4.69) is 0 Å². The lowest BCUT2D eigenvalue weighted by Gasteiger charge is -2.62. The van der Waals surface area contributed by atoms with Crippen molar-refractivity contribution in [3.8, 4) is 11.5 Å². The Morgan fingerprint density at radius 1 is 0.610 bits per heavy atom. The molecule has 0 aliphatic heterocycles. The quantitative estimate of drug-likeness (QED) is 0.193. The van der Waals surface area contributed by atoms with Gasteiger partial charge < -0.3 is 36.8 Å². The van der Waals surface area contributed by atoms with Gasteiger partial charge in [0.25, 0.3) is 0 Å². The molecule has 1 fully saturated rings. The van der Waals surface area contributed by atoms with E-state index in [9.17, 15) is 20.4 Å². The maximum Gasteiger partial charge on any atom is 0.123 e. The lowest BCUT2D eigenvalue weighted by atomic mass is 9.60. The minimum Gasteiger partial charge on any atom is -0.851 e. The number of anilines is 3. The van der Waals surface area contributed by atoms with E-state index < -0.39 is 24.0 Å². The predicted molar refractivity (Wildman–Crippen MR) is 162 cm³/mol. The van der Waals surface area contributed by atoms with Crippen LogP contribution in [0.25, 0.3) is 43.1 Å². The molecule has 0 bridgehead atoms. The van der Waals surface area contributed by atoms with Crippen LogP contribution >= 0.6 is 0 Å². The first-order valence-electron chi connectivity index (χ1n) is 13.6.